The zero-order valence-corrected chi connectivity index (χ0v) is 12.5. The van der Waals surface area contributed by atoms with Gasteiger partial charge in [0, 0.05) is 0 Å². The second-order valence-electron chi connectivity index (χ2n) is 4.76. The van der Waals surface area contributed by atoms with Gasteiger partial charge in [0.25, 0.3) is 0 Å². The smallest absolute Gasteiger partial charge is 0.358 e. The first kappa shape index (κ1) is 16.6. The van der Waals surface area contributed by atoms with Crippen LogP contribution in [0.3, 0.4) is 0 Å². The summed E-state index contributed by atoms with van der Waals surface area (Å²) in [6, 6.07) is 0. The van der Waals surface area contributed by atoms with E-state index < -0.39 is 25.7 Å². The summed E-state index contributed by atoms with van der Waals surface area (Å²) in [7, 11) is -4.14. The van der Waals surface area contributed by atoms with Crippen LogP contribution >= 0.6 is 0 Å². The molecule has 1 aromatic heterocycles. The summed E-state index contributed by atoms with van der Waals surface area (Å²) in [5, 5.41) is 19.5. The van der Waals surface area contributed by atoms with Gasteiger partial charge in [0.2, 0.25) is 14.9 Å². The Bertz CT molecular complexity index is 567. The number of unbranched alkanes of at least 4 members (excludes halogenated alkanes) is 1. The summed E-state index contributed by atoms with van der Waals surface area (Å²) in [6.07, 6.45) is 5.15. The number of rotatable bonds is 8. The van der Waals surface area contributed by atoms with Gasteiger partial charge in [0.15, 0.2) is 0 Å². The van der Waals surface area contributed by atoms with Crippen LogP contribution < -0.4 is 5.14 Å². The fourth-order valence-corrected chi connectivity index (χ4v) is 2.63. The topological polar surface area (TPSA) is 121 Å². The molecule has 0 spiro atoms. The van der Waals surface area contributed by atoms with E-state index in [0.717, 1.165) is 31.9 Å². The van der Waals surface area contributed by atoms with Crippen LogP contribution in [0.25, 0.3) is 0 Å². The van der Waals surface area contributed by atoms with Gasteiger partial charge in [-0.1, -0.05) is 33.1 Å². The van der Waals surface area contributed by atoms with Crippen LogP contribution in [-0.2, 0) is 16.6 Å². The van der Waals surface area contributed by atoms with Crippen LogP contribution in [0.4, 0.5) is 5.82 Å². The average Bonchev–Trinajstić information content (AvgIpc) is 2.78. The number of hydrogen-bond acceptors (Lipinski definition) is 5. The zero-order valence-electron chi connectivity index (χ0n) is 11.7. The third kappa shape index (κ3) is 4.27. The Morgan fingerprint density at radius 1 is 1.50 bits per heavy atom. The molecule has 1 rings (SSSR count). The van der Waals surface area contributed by atoms with Crippen LogP contribution in [-0.4, -0.2) is 23.1 Å². The second kappa shape index (κ2) is 6.80. The summed E-state index contributed by atoms with van der Waals surface area (Å²) in [5.41, 5.74) is 0. The Labute approximate surface area is 118 Å². The lowest BCUT2D eigenvalue weighted by atomic mass is 10.00. The van der Waals surface area contributed by atoms with Crippen molar-refractivity contribution in [1.82, 2.24) is 9.78 Å². The zero-order chi connectivity index (χ0) is 15.3. The molecule has 9 heteroatoms. The lowest BCUT2D eigenvalue weighted by molar-refractivity contribution is -0.392. The van der Waals surface area contributed by atoms with E-state index in [1.54, 1.807) is 0 Å². The molecular formula is C11H20N4O4S. The summed E-state index contributed by atoms with van der Waals surface area (Å²) in [6.45, 7) is 4.57. The molecule has 0 aromatic carbocycles. The molecule has 2 N–H and O–H groups in total. The number of hydrogen-bond donors (Lipinski definition) is 1. The van der Waals surface area contributed by atoms with Gasteiger partial charge in [-0.3, -0.25) is 0 Å². The van der Waals surface area contributed by atoms with Crippen LogP contribution in [0.2, 0.25) is 0 Å². The molecule has 0 amide bonds. The summed E-state index contributed by atoms with van der Waals surface area (Å²) >= 11 is 0. The maximum absolute atomic E-state index is 11.3. The summed E-state index contributed by atoms with van der Waals surface area (Å²) in [4.78, 5) is 9.45. The van der Waals surface area contributed by atoms with Gasteiger partial charge in [-0.2, -0.15) is 4.68 Å². The highest BCUT2D eigenvalue weighted by Crippen LogP contribution is 2.22. The first-order valence-electron chi connectivity index (χ1n) is 6.54. The van der Waals surface area contributed by atoms with E-state index in [9.17, 15) is 18.5 Å². The predicted molar refractivity (Wildman–Crippen MR) is 73.6 cm³/mol. The van der Waals surface area contributed by atoms with Gasteiger partial charge in [-0.05, 0) is 17.3 Å². The van der Waals surface area contributed by atoms with Crippen LogP contribution in [0.5, 0.6) is 0 Å². The van der Waals surface area contributed by atoms with Crippen molar-refractivity contribution in [3.05, 3.63) is 16.3 Å². The molecule has 0 fully saturated rings. The van der Waals surface area contributed by atoms with Gasteiger partial charge in [-0.25, -0.2) is 13.6 Å². The van der Waals surface area contributed by atoms with Crippen LogP contribution in [0.15, 0.2) is 11.1 Å². The normalized spacial score (nSPS) is 13.3. The third-order valence-electron chi connectivity index (χ3n) is 3.18. The van der Waals surface area contributed by atoms with Gasteiger partial charge in [0.1, 0.15) is 0 Å². The number of nitro groups is 1. The first-order valence-corrected chi connectivity index (χ1v) is 8.08. The molecule has 0 aliphatic carbocycles. The van der Waals surface area contributed by atoms with E-state index in [-0.39, 0.29) is 0 Å². The Balaban J connectivity index is 3.00. The molecular weight excluding hydrogens is 284 g/mol. The molecule has 0 aliphatic heterocycles. The standard InChI is InChI=1S/C11H20N4O4S/c1-3-5-6-9(4-2)7-14-8-10(20(12,18)19)11(13-14)15(16)17/h8-9H,3-7H2,1-2H3,(H2,12,18,19). The van der Waals surface area contributed by atoms with Crippen LogP contribution in [0.1, 0.15) is 39.5 Å². The Morgan fingerprint density at radius 2 is 2.15 bits per heavy atom. The average molecular weight is 304 g/mol. The number of primary sulfonamides is 1. The van der Waals surface area contributed by atoms with Crippen LogP contribution in [0, 0.1) is 16.0 Å². The highest BCUT2D eigenvalue weighted by molar-refractivity contribution is 7.89. The maximum Gasteiger partial charge on any atom is 0.410 e. The molecule has 8 nitrogen and oxygen atoms in total. The highest BCUT2D eigenvalue weighted by atomic mass is 32.2. The largest absolute Gasteiger partial charge is 0.410 e. The number of nitrogens with two attached hydrogens (primary N) is 1. The number of sulfonamides is 1. The van der Waals surface area contributed by atoms with Crippen molar-refractivity contribution in [2.45, 2.75) is 51.0 Å². The Morgan fingerprint density at radius 3 is 2.55 bits per heavy atom. The van der Waals surface area contributed by atoms with Gasteiger partial charge >= 0.3 is 5.82 Å². The minimum atomic E-state index is -4.14. The SMILES string of the molecule is CCCCC(CC)Cn1cc(S(N)(=O)=O)c([N+](=O)[O-])n1. The lowest BCUT2D eigenvalue weighted by Gasteiger charge is -2.11. The predicted octanol–water partition coefficient (Wildman–Crippen LogP) is 1.66. The summed E-state index contributed by atoms with van der Waals surface area (Å²) < 4.78 is 23.9. The van der Waals surface area contributed by atoms with Gasteiger partial charge in [0.05, 0.1) is 17.8 Å². The van der Waals surface area contributed by atoms with Crippen molar-refractivity contribution in [2.75, 3.05) is 0 Å². The van der Waals surface area contributed by atoms with E-state index in [4.69, 9.17) is 5.14 Å². The number of nitrogens with zero attached hydrogens (tertiary/aromatic N) is 3. The second-order valence-corrected chi connectivity index (χ2v) is 6.29. The van der Waals surface area contributed by atoms with Crippen molar-refractivity contribution >= 4 is 15.8 Å². The molecule has 0 bridgehead atoms. The minimum Gasteiger partial charge on any atom is -0.358 e. The van der Waals surface area contributed by atoms with Crippen molar-refractivity contribution in [3.63, 3.8) is 0 Å². The third-order valence-corrected chi connectivity index (χ3v) is 4.08. The molecule has 20 heavy (non-hydrogen) atoms. The van der Waals surface area contributed by atoms with Gasteiger partial charge in [-0.15, -0.1) is 0 Å². The lowest BCUT2D eigenvalue weighted by Crippen LogP contribution is -2.13. The first-order chi connectivity index (χ1) is 9.29. The van der Waals surface area contributed by atoms with Crippen molar-refractivity contribution < 1.29 is 13.3 Å². The highest BCUT2D eigenvalue weighted by Gasteiger charge is 2.29. The molecule has 0 saturated heterocycles. The Kier molecular flexibility index (Phi) is 5.63. The molecule has 114 valence electrons. The van der Waals surface area contributed by atoms with E-state index in [1.165, 1.54) is 4.68 Å². The van der Waals surface area contributed by atoms with Crippen molar-refractivity contribution in [1.29, 1.82) is 0 Å². The van der Waals surface area contributed by atoms with Crippen molar-refractivity contribution in [2.24, 2.45) is 11.1 Å². The molecule has 0 saturated carbocycles. The van der Waals surface area contributed by atoms with Gasteiger partial charge < -0.3 is 10.1 Å². The monoisotopic (exact) mass is 304 g/mol. The van der Waals surface area contributed by atoms with E-state index in [2.05, 4.69) is 12.0 Å². The molecule has 1 atom stereocenters. The molecule has 0 aliphatic rings. The van der Waals surface area contributed by atoms with E-state index in [1.807, 2.05) is 6.92 Å². The Hall–Kier alpha value is -1.48. The van der Waals surface area contributed by atoms with E-state index in [0.29, 0.717) is 12.5 Å². The molecule has 1 unspecified atom stereocenters. The fraction of sp³-hybridized carbons (Fsp3) is 0.727. The van der Waals surface area contributed by atoms with Crippen molar-refractivity contribution in [3.8, 4) is 0 Å². The quantitative estimate of drug-likeness (QED) is 0.578. The summed E-state index contributed by atoms with van der Waals surface area (Å²) in [5.74, 6) is -0.402. The molecule has 0 radical (unpaired) electrons. The maximum atomic E-state index is 11.3. The number of aromatic nitrogens is 2. The molecule has 1 aromatic rings. The fourth-order valence-electron chi connectivity index (χ4n) is 2.00. The molecule has 1 heterocycles. The van der Waals surface area contributed by atoms with E-state index >= 15 is 0 Å². The minimum absolute atomic E-state index is 0.308.